The van der Waals surface area contributed by atoms with Crippen LogP contribution in [0.15, 0.2) is 42.7 Å². The van der Waals surface area contributed by atoms with Gasteiger partial charge in [-0.1, -0.05) is 18.2 Å². The average molecular weight is 315 g/mol. The molecule has 1 aliphatic carbocycles. The summed E-state index contributed by atoms with van der Waals surface area (Å²) in [6, 6.07) is 9.99. The number of hydrogen-bond donors (Lipinski definition) is 0. The van der Waals surface area contributed by atoms with Gasteiger partial charge in [-0.2, -0.15) is 16.9 Å². The summed E-state index contributed by atoms with van der Waals surface area (Å²) in [7, 11) is 1.86. The normalized spacial score (nSPS) is 14.0. The van der Waals surface area contributed by atoms with Crippen molar-refractivity contribution < 1.29 is 4.79 Å². The summed E-state index contributed by atoms with van der Waals surface area (Å²) in [5.74, 6) is 2.77. The van der Waals surface area contributed by atoms with Crippen molar-refractivity contribution in [3.05, 3.63) is 48.3 Å². The molecule has 1 heterocycles. The van der Waals surface area contributed by atoms with Gasteiger partial charge in [-0.3, -0.25) is 4.79 Å². The largest absolute Gasteiger partial charge is 0.341 e. The van der Waals surface area contributed by atoms with E-state index in [9.17, 15) is 4.79 Å². The lowest BCUT2D eigenvalue weighted by molar-refractivity contribution is -0.127. The maximum Gasteiger partial charge on any atom is 0.232 e. The lowest BCUT2D eigenvalue weighted by Crippen LogP contribution is -2.27. The third kappa shape index (κ3) is 4.13. The van der Waals surface area contributed by atoms with Crippen LogP contribution in [0.2, 0.25) is 0 Å². The molecule has 1 amide bonds. The zero-order valence-corrected chi connectivity index (χ0v) is 13.6. The third-order valence-corrected chi connectivity index (χ3v) is 4.94. The summed E-state index contributed by atoms with van der Waals surface area (Å²) >= 11 is 1.76. The number of carbonyl (C=O) groups excluding carboxylic acids is 1. The SMILES string of the molecule is CN(Cc1cnn(-c2ccccc2)c1)C(=O)CSCC1CC1. The Kier molecular flexibility index (Phi) is 4.83. The van der Waals surface area contributed by atoms with E-state index in [1.54, 1.807) is 16.7 Å². The fourth-order valence-corrected chi connectivity index (χ4v) is 3.41. The van der Waals surface area contributed by atoms with Crippen LogP contribution >= 0.6 is 11.8 Å². The van der Waals surface area contributed by atoms with Gasteiger partial charge >= 0.3 is 0 Å². The fourth-order valence-electron chi connectivity index (χ4n) is 2.23. The average Bonchev–Trinajstić information content (AvgIpc) is 3.25. The van der Waals surface area contributed by atoms with Crippen LogP contribution in [-0.4, -0.2) is 39.1 Å². The van der Waals surface area contributed by atoms with E-state index in [1.165, 1.54) is 12.8 Å². The van der Waals surface area contributed by atoms with E-state index in [0.29, 0.717) is 12.3 Å². The quantitative estimate of drug-likeness (QED) is 0.788. The molecule has 0 bridgehead atoms. The highest BCUT2D eigenvalue weighted by atomic mass is 32.2. The molecule has 0 atom stereocenters. The minimum Gasteiger partial charge on any atom is -0.341 e. The number of rotatable bonds is 7. The van der Waals surface area contributed by atoms with Gasteiger partial charge in [-0.05, 0) is 36.6 Å². The Balaban J connectivity index is 1.51. The van der Waals surface area contributed by atoms with Crippen molar-refractivity contribution in [2.24, 2.45) is 5.92 Å². The Morgan fingerprint density at radius 3 is 2.86 bits per heavy atom. The summed E-state index contributed by atoms with van der Waals surface area (Å²) < 4.78 is 1.84. The summed E-state index contributed by atoms with van der Waals surface area (Å²) in [6.07, 6.45) is 6.50. The summed E-state index contributed by atoms with van der Waals surface area (Å²) in [4.78, 5) is 13.9. The first-order chi connectivity index (χ1) is 10.7. The van der Waals surface area contributed by atoms with Gasteiger partial charge in [0.25, 0.3) is 0 Å². The molecule has 22 heavy (non-hydrogen) atoms. The fraction of sp³-hybridized carbons (Fsp3) is 0.412. The van der Waals surface area contributed by atoms with Crippen molar-refractivity contribution >= 4 is 17.7 Å². The molecule has 1 aliphatic rings. The molecule has 0 N–H and O–H groups in total. The van der Waals surface area contributed by atoms with E-state index in [-0.39, 0.29) is 5.91 Å². The van der Waals surface area contributed by atoms with Crippen molar-refractivity contribution in [1.82, 2.24) is 14.7 Å². The standard InChI is InChI=1S/C17H21N3OS/c1-19(17(21)13-22-12-14-7-8-14)10-15-9-18-20(11-15)16-5-3-2-4-6-16/h2-6,9,11,14H,7-8,10,12-13H2,1H3. The Labute approximate surface area is 135 Å². The number of hydrogen-bond acceptors (Lipinski definition) is 3. The molecule has 1 aromatic carbocycles. The van der Waals surface area contributed by atoms with Gasteiger partial charge in [0.2, 0.25) is 5.91 Å². The van der Waals surface area contributed by atoms with Crippen molar-refractivity contribution in [3.63, 3.8) is 0 Å². The van der Waals surface area contributed by atoms with Crippen molar-refractivity contribution in [1.29, 1.82) is 0 Å². The molecule has 0 spiro atoms. The third-order valence-electron chi connectivity index (χ3n) is 3.78. The lowest BCUT2D eigenvalue weighted by Gasteiger charge is -2.15. The Morgan fingerprint density at radius 1 is 1.36 bits per heavy atom. The van der Waals surface area contributed by atoms with E-state index < -0.39 is 0 Å². The molecule has 1 fully saturated rings. The minimum absolute atomic E-state index is 0.193. The van der Waals surface area contributed by atoms with E-state index in [4.69, 9.17) is 0 Å². The molecule has 1 aromatic heterocycles. The van der Waals surface area contributed by atoms with E-state index in [0.717, 1.165) is 22.9 Å². The summed E-state index contributed by atoms with van der Waals surface area (Å²) in [5.41, 5.74) is 2.08. The lowest BCUT2D eigenvalue weighted by atomic mass is 10.3. The van der Waals surface area contributed by atoms with E-state index >= 15 is 0 Å². The monoisotopic (exact) mass is 315 g/mol. The highest BCUT2D eigenvalue weighted by molar-refractivity contribution is 7.99. The van der Waals surface area contributed by atoms with Gasteiger partial charge in [0.05, 0.1) is 17.6 Å². The molecule has 4 nitrogen and oxygen atoms in total. The maximum absolute atomic E-state index is 12.1. The molecule has 0 saturated heterocycles. The topological polar surface area (TPSA) is 38.1 Å². The van der Waals surface area contributed by atoms with Crippen molar-refractivity contribution in [3.8, 4) is 5.69 Å². The predicted molar refractivity (Wildman–Crippen MR) is 90.1 cm³/mol. The zero-order chi connectivity index (χ0) is 15.4. The second-order valence-corrected chi connectivity index (χ2v) is 6.87. The highest BCUT2D eigenvalue weighted by Crippen LogP contribution is 2.32. The number of amides is 1. The number of carbonyl (C=O) groups is 1. The number of thioether (sulfide) groups is 1. The first kappa shape index (κ1) is 15.2. The predicted octanol–water partition coefficient (Wildman–Crippen LogP) is 2.97. The highest BCUT2D eigenvalue weighted by Gasteiger charge is 2.21. The first-order valence-electron chi connectivity index (χ1n) is 7.63. The molecular weight excluding hydrogens is 294 g/mol. The molecule has 0 aliphatic heterocycles. The molecule has 0 radical (unpaired) electrons. The maximum atomic E-state index is 12.1. The van der Waals surface area contributed by atoms with Crippen LogP contribution in [0.5, 0.6) is 0 Å². The molecule has 2 aromatic rings. The Bertz CT molecular complexity index is 622. The smallest absolute Gasteiger partial charge is 0.232 e. The molecule has 1 saturated carbocycles. The number of aromatic nitrogens is 2. The molecule has 5 heteroatoms. The van der Waals surface area contributed by atoms with Gasteiger partial charge in [0.15, 0.2) is 0 Å². The second kappa shape index (κ2) is 7.01. The van der Waals surface area contributed by atoms with Crippen LogP contribution in [0.1, 0.15) is 18.4 Å². The molecular formula is C17H21N3OS. The van der Waals surface area contributed by atoms with Crippen LogP contribution in [0.25, 0.3) is 5.69 Å². The number of nitrogens with zero attached hydrogens (tertiary/aromatic N) is 3. The first-order valence-corrected chi connectivity index (χ1v) is 8.78. The number of benzene rings is 1. The number of para-hydroxylation sites is 1. The van der Waals surface area contributed by atoms with Gasteiger partial charge in [-0.15, -0.1) is 0 Å². The minimum atomic E-state index is 0.193. The molecule has 116 valence electrons. The van der Waals surface area contributed by atoms with Gasteiger partial charge in [-0.25, -0.2) is 4.68 Å². The van der Waals surface area contributed by atoms with E-state index in [2.05, 4.69) is 5.10 Å². The molecule has 3 rings (SSSR count). The second-order valence-electron chi connectivity index (χ2n) is 5.84. The Hall–Kier alpha value is -1.75. The van der Waals surface area contributed by atoms with Crippen molar-refractivity contribution in [2.45, 2.75) is 19.4 Å². The van der Waals surface area contributed by atoms with Crippen LogP contribution in [0.3, 0.4) is 0 Å². The Morgan fingerprint density at radius 2 is 2.14 bits per heavy atom. The zero-order valence-electron chi connectivity index (χ0n) is 12.8. The van der Waals surface area contributed by atoms with Crippen molar-refractivity contribution in [2.75, 3.05) is 18.6 Å². The molecule has 0 unspecified atom stereocenters. The van der Waals surface area contributed by atoms with Crippen LogP contribution in [-0.2, 0) is 11.3 Å². The summed E-state index contributed by atoms with van der Waals surface area (Å²) in [5, 5.41) is 4.37. The van der Waals surface area contributed by atoms with Gasteiger partial charge < -0.3 is 4.90 Å². The van der Waals surface area contributed by atoms with Gasteiger partial charge in [0, 0.05) is 25.4 Å². The van der Waals surface area contributed by atoms with Crippen LogP contribution in [0.4, 0.5) is 0 Å². The van der Waals surface area contributed by atoms with Crippen LogP contribution < -0.4 is 0 Å². The van der Waals surface area contributed by atoms with E-state index in [1.807, 2.05) is 54.5 Å². The summed E-state index contributed by atoms with van der Waals surface area (Å²) in [6.45, 7) is 0.607. The van der Waals surface area contributed by atoms with Gasteiger partial charge in [0.1, 0.15) is 0 Å². The van der Waals surface area contributed by atoms with Crippen LogP contribution in [0, 0.1) is 5.92 Å².